The fourth-order valence-electron chi connectivity index (χ4n) is 3.31. The van der Waals surface area contributed by atoms with Crippen LogP contribution in [0.4, 0.5) is 5.69 Å². The third-order valence-corrected chi connectivity index (χ3v) is 4.98. The minimum absolute atomic E-state index is 0.0545. The summed E-state index contributed by atoms with van der Waals surface area (Å²) in [6, 6.07) is 18.2. The normalized spacial score (nSPS) is 13.8. The summed E-state index contributed by atoms with van der Waals surface area (Å²) in [7, 11) is 0. The van der Waals surface area contributed by atoms with Crippen molar-refractivity contribution in [1.82, 2.24) is 5.32 Å². The molecular weight excluding hydrogens is 376 g/mol. The Morgan fingerprint density at radius 3 is 2.61 bits per heavy atom. The van der Waals surface area contributed by atoms with Gasteiger partial charge in [0.2, 0.25) is 5.91 Å². The van der Waals surface area contributed by atoms with Crippen molar-refractivity contribution in [3.63, 3.8) is 0 Å². The lowest BCUT2D eigenvalue weighted by molar-refractivity contribution is -0.117. The number of carbonyl (C=O) groups is 2. The molecule has 1 fully saturated rings. The van der Waals surface area contributed by atoms with Crippen LogP contribution in [-0.4, -0.2) is 18.4 Å². The van der Waals surface area contributed by atoms with Crippen molar-refractivity contribution >= 4 is 29.1 Å². The molecule has 6 heteroatoms. The number of nitrogens with one attached hydrogen (secondary N) is 1. The maximum absolute atomic E-state index is 12.7. The fraction of sp³-hybridized carbons (Fsp3) is 0.182. The van der Waals surface area contributed by atoms with E-state index in [9.17, 15) is 9.59 Å². The molecule has 0 spiro atoms. The maximum Gasteiger partial charge on any atom is 0.253 e. The van der Waals surface area contributed by atoms with E-state index in [1.54, 1.807) is 29.2 Å². The van der Waals surface area contributed by atoms with E-state index in [2.05, 4.69) is 5.32 Å². The first-order valence-electron chi connectivity index (χ1n) is 9.14. The van der Waals surface area contributed by atoms with Gasteiger partial charge in [0.05, 0.1) is 17.8 Å². The molecule has 5 nitrogen and oxygen atoms in total. The number of benzene rings is 2. The SMILES string of the molecule is O=C(NCc1ccc(-c2ccc(Cl)cc2)o1)c1ccccc1N1CCCC1=O. The predicted octanol–water partition coefficient (Wildman–Crippen LogP) is 4.66. The molecule has 1 aliphatic rings. The summed E-state index contributed by atoms with van der Waals surface area (Å²) in [6.45, 7) is 0.903. The number of anilines is 1. The monoisotopic (exact) mass is 394 g/mol. The lowest BCUT2D eigenvalue weighted by atomic mass is 10.1. The molecular formula is C22H19ClN2O3. The van der Waals surface area contributed by atoms with Gasteiger partial charge in [0, 0.05) is 23.6 Å². The fourth-order valence-corrected chi connectivity index (χ4v) is 3.43. The Balaban J connectivity index is 1.46. The van der Waals surface area contributed by atoms with E-state index in [0.717, 1.165) is 12.0 Å². The molecule has 0 radical (unpaired) electrons. The molecule has 2 aromatic carbocycles. The van der Waals surface area contributed by atoms with Crippen LogP contribution >= 0.6 is 11.6 Å². The van der Waals surface area contributed by atoms with E-state index in [4.69, 9.17) is 16.0 Å². The van der Waals surface area contributed by atoms with Gasteiger partial charge in [-0.05, 0) is 55.0 Å². The number of amides is 2. The molecule has 1 saturated heterocycles. The molecule has 0 bridgehead atoms. The highest BCUT2D eigenvalue weighted by Crippen LogP contribution is 2.26. The van der Waals surface area contributed by atoms with Gasteiger partial charge in [0.25, 0.3) is 5.91 Å². The third-order valence-electron chi connectivity index (χ3n) is 4.73. The van der Waals surface area contributed by atoms with Crippen LogP contribution in [0.2, 0.25) is 5.02 Å². The van der Waals surface area contributed by atoms with E-state index in [1.807, 2.05) is 36.4 Å². The first-order chi connectivity index (χ1) is 13.6. The molecule has 4 rings (SSSR count). The van der Waals surface area contributed by atoms with Crippen molar-refractivity contribution in [2.75, 3.05) is 11.4 Å². The average Bonchev–Trinajstić information content (AvgIpc) is 3.36. The highest BCUT2D eigenvalue weighted by molar-refractivity contribution is 6.30. The first-order valence-corrected chi connectivity index (χ1v) is 9.52. The number of furan rings is 1. The van der Waals surface area contributed by atoms with E-state index in [1.165, 1.54) is 0 Å². The largest absolute Gasteiger partial charge is 0.459 e. The predicted molar refractivity (Wildman–Crippen MR) is 108 cm³/mol. The summed E-state index contributed by atoms with van der Waals surface area (Å²) in [5.74, 6) is 1.18. The van der Waals surface area contributed by atoms with Gasteiger partial charge in [-0.25, -0.2) is 0 Å². The van der Waals surface area contributed by atoms with Gasteiger partial charge in [0.15, 0.2) is 0 Å². The lowest BCUT2D eigenvalue weighted by Gasteiger charge is -2.19. The van der Waals surface area contributed by atoms with Gasteiger partial charge in [-0.1, -0.05) is 23.7 Å². The molecule has 1 aliphatic heterocycles. The number of hydrogen-bond acceptors (Lipinski definition) is 3. The van der Waals surface area contributed by atoms with Crippen molar-refractivity contribution in [3.8, 4) is 11.3 Å². The zero-order chi connectivity index (χ0) is 19.5. The summed E-state index contributed by atoms with van der Waals surface area (Å²) < 4.78 is 5.82. The average molecular weight is 395 g/mol. The minimum Gasteiger partial charge on any atom is -0.459 e. The molecule has 142 valence electrons. The summed E-state index contributed by atoms with van der Waals surface area (Å²) in [5.41, 5.74) is 2.06. The second kappa shape index (κ2) is 7.90. The van der Waals surface area contributed by atoms with Gasteiger partial charge in [-0.2, -0.15) is 0 Å². The zero-order valence-corrected chi connectivity index (χ0v) is 15.9. The van der Waals surface area contributed by atoms with Crippen molar-refractivity contribution in [3.05, 3.63) is 77.0 Å². The number of para-hydroxylation sites is 1. The lowest BCUT2D eigenvalue weighted by Crippen LogP contribution is -2.29. The molecule has 2 heterocycles. The number of carbonyl (C=O) groups excluding carboxylic acids is 2. The van der Waals surface area contributed by atoms with E-state index >= 15 is 0 Å². The summed E-state index contributed by atoms with van der Waals surface area (Å²) >= 11 is 5.91. The number of nitrogens with zero attached hydrogens (tertiary/aromatic N) is 1. The number of halogens is 1. The topological polar surface area (TPSA) is 62.6 Å². The van der Waals surface area contributed by atoms with Crippen LogP contribution in [0, 0.1) is 0 Å². The minimum atomic E-state index is -0.236. The first kappa shape index (κ1) is 18.3. The van der Waals surface area contributed by atoms with E-state index in [0.29, 0.717) is 40.8 Å². The van der Waals surface area contributed by atoms with E-state index in [-0.39, 0.29) is 18.4 Å². The maximum atomic E-state index is 12.7. The summed E-state index contributed by atoms with van der Waals surface area (Å²) in [4.78, 5) is 26.5. The van der Waals surface area contributed by atoms with E-state index < -0.39 is 0 Å². The standard InChI is InChI=1S/C22H19ClN2O3/c23-16-9-7-15(8-10-16)20-12-11-17(28-20)14-24-22(27)18-4-1-2-5-19(18)25-13-3-6-21(25)26/h1-2,4-5,7-12H,3,6,13-14H2,(H,24,27). The van der Waals surface area contributed by atoms with Gasteiger partial charge in [-0.15, -0.1) is 0 Å². The third kappa shape index (κ3) is 3.80. The molecule has 1 N–H and O–H groups in total. The van der Waals surface area contributed by atoms with Crippen molar-refractivity contribution < 1.29 is 14.0 Å². The molecule has 1 aromatic heterocycles. The van der Waals surface area contributed by atoms with Crippen LogP contribution < -0.4 is 10.2 Å². The van der Waals surface area contributed by atoms with Crippen molar-refractivity contribution in [1.29, 1.82) is 0 Å². The van der Waals surface area contributed by atoms with Crippen LogP contribution in [-0.2, 0) is 11.3 Å². The van der Waals surface area contributed by atoms with Gasteiger partial charge in [0.1, 0.15) is 11.5 Å². The van der Waals surface area contributed by atoms with Crippen LogP contribution in [0.25, 0.3) is 11.3 Å². The smallest absolute Gasteiger partial charge is 0.253 e. The second-order valence-corrected chi connectivity index (χ2v) is 7.06. The van der Waals surface area contributed by atoms with Crippen LogP contribution in [0.5, 0.6) is 0 Å². The Bertz CT molecular complexity index is 1010. The Labute approximate surface area is 167 Å². The molecule has 0 aliphatic carbocycles. The molecule has 0 saturated carbocycles. The quantitative estimate of drug-likeness (QED) is 0.684. The highest BCUT2D eigenvalue weighted by atomic mass is 35.5. The Morgan fingerprint density at radius 1 is 1.07 bits per heavy atom. The molecule has 28 heavy (non-hydrogen) atoms. The molecule has 3 aromatic rings. The van der Waals surface area contributed by atoms with Crippen molar-refractivity contribution in [2.24, 2.45) is 0 Å². The van der Waals surface area contributed by atoms with Crippen LogP contribution in [0.15, 0.2) is 65.1 Å². The summed E-state index contributed by atoms with van der Waals surface area (Å²) in [6.07, 6.45) is 1.34. The molecule has 2 amide bonds. The number of rotatable bonds is 5. The van der Waals surface area contributed by atoms with Crippen LogP contribution in [0.1, 0.15) is 29.0 Å². The second-order valence-electron chi connectivity index (χ2n) is 6.62. The molecule has 0 unspecified atom stereocenters. The van der Waals surface area contributed by atoms with Gasteiger partial charge >= 0.3 is 0 Å². The zero-order valence-electron chi connectivity index (χ0n) is 15.2. The van der Waals surface area contributed by atoms with Crippen LogP contribution in [0.3, 0.4) is 0 Å². The Morgan fingerprint density at radius 2 is 1.86 bits per heavy atom. The van der Waals surface area contributed by atoms with Gasteiger partial charge < -0.3 is 14.6 Å². The number of hydrogen-bond donors (Lipinski definition) is 1. The Hall–Kier alpha value is -3.05. The highest BCUT2D eigenvalue weighted by Gasteiger charge is 2.25. The van der Waals surface area contributed by atoms with Crippen molar-refractivity contribution in [2.45, 2.75) is 19.4 Å². The van der Waals surface area contributed by atoms with Gasteiger partial charge in [-0.3, -0.25) is 9.59 Å². The summed E-state index contributed by atoms with van der Waals surface area (Å²) in [5, 5.41) is 3.54. The molecule has 0 atom stereocenters. The Kier molecular flexibility index (Phi) is 5.17.